The minimum Gasteiger partial charge on any atom is -0.298 e. The molecule has 5 heteroatoms. The molecular weight excluding hydrogens is 260 g/mol. The van der Waals surface area contributed by atoms with Crippen molar-refractivity contribution < 1.29 is 8.42 Å². The lowest BCUT2D eigenvalue weighted by molar-refractivity contribution is 0.0967. The van der Waals surface area contributed by atoms with Gasteiger partial charge < -0.3 is 0 Å². The van der Waals surface area contributed by atoms with Crippen molar-refractivity contribution in [2.24, 2.45) is 5.92 Å². The van der Waals surface area contributed by atoms with Crippen LogP contribution in [0.15, 0.2) is 0 Å². The Morgan fingerprint density at radius 3 is 2.37 bits per heavy atom. The first kappa shape index (κ1) is 15.3. The molecule has 19 heavy (non-hydrogen) atoms. The highest BCUT2D eigenvalue weighted by atomic mass is 32.2. The van der Waals surface area contributed by atoms with Gasteiger partial charge in [-0.15, -0.1) is 0 Å². The van der Waals surface area contributed by atoms with Gasteiger partial charge in [0.2, 0.25) is 10.0 Å². The summed E-state index contributed by atoms with van der Waals surface area (Å²) in [5, 5.41) is 0. The van der Waals surface area contributed by atoms with Crippen LogP contribution in [0.25, 0.3) is 0 Å². The molecule has 4 nitrogen and oxygen atoms in total. The molecule has 112 valence electrons. The molecule has 0 spiro atoms. The van der Waals surface area contributed by atoms with Crippen LogP contribution in [0.3, 0.4) is 0 Å². The second kappa shape index (κ2) is 6.55. The molecule has 0 aromatic rings. The third kappa shape index (κ3) is 3.92. The smallest absolute Gasteiger partial charge is 0.214 e. The molecule has 0 aromatic carbocycles. The first-order chi connectivity index (χ1) is 9.03. The van der Waals surface area contributed by atoms with E-state index >= 15 is 0 Å². The lowest BCUT2D eigenvalue weighted by Crippen LogP contribution is -2.53. The van der Waals surface area contributed by atoms with E-state index in [1.807, 2.05) is 6.92 Å². The van der Waals surface area contributed by atoms with Crippen molar-refractivity contribution in [1.82, 2.24) is 9.21 Å². The van der Waals surface area contributed by atoms with Gasteiger partial charge in [0, 0.05) is 32.2 Å². The van der Waals surface area contributed by atoms with E-state index in [0.717, 1.165) is 19.0 Å². The Morgan fingerprint density at radius 1 is 1.11 bits per heavy atom. The number of piperazine rings is 1. The Labute approximate surface area is 118 Å². The molecule has 1 saturated carbocycles. The van der Waals surface area contributed by atoms with Crippen molar-refractivity contribution in [2.45, 2.75) is 52.0 Å². The van der Waals surface area contributed by atoms with Gasteiger partial charge in [-0.3, -0.25) is 4.90 Å². The van der Waals surface area contributed by atoms with E-state index in [1.54, 1.807) is 4.31 Å². The molecule has 2 rings (SSSR count). The zero-order chi connectivity index (χ0) is 13.9. The maximum Gasteiger partial charge on any atom is 0.214 e. The third-order valence-corrected chi connectivity index (χ3v) is 6.63. The molecule has 0 radical (unpaired) electrons. The summed E-state index contributed by atoms with van der Waals surface area (Å²) < 4.78 is 25.7. The Balaban J connectivity index is 1.85. The molecule has 2 fully saturated rings. The fraction of sp³-hybridized carbons (Fsp3) is 1.00. The van der Waals surface area contributed by atoms with Gasteiger partial charge in [0.05, 0.1) is 5.75 Å². The van der Waals surface area contributed by atoms with Crippen molar-refractivity contribution in [3.05, 3.63) is 0 Å². The average Bonchev–Trinajstić information content (AvgIpc) is 2.39. The second-order valence-electron chi connectivity index (χ2n) is 6.18. The molecule has 2 aliphatic rings. The van der Waals surface area contributed by atoms with Crippen molar-refractivity contribution in [2.75, 3.05) is 31.9 Å². The molecule has 2 atom stereocenters. The minimum absolute atomic E-state index is 0.299. The normalized spacial score (nSPS) is 31.5. The van der Waals surface area contributed by atoms with Crippen molar-refractivity contribution in [1.29, 1.82) is 0 Å². The number of hydrogen-bond acceptors (Lipinski definition) is 3. The van der Waals surface area contributed by atoms with Crippen LogP contribution >= 0.6 is 0 Å². The van der Waals surface area contributed by atoms with E-state index in [0.29, 0.717) is 31.3 Å². The van der Waals surface area contributed by atoms with Gasteiger partial charge >= 0.3 is 0 Å². The molecular formula is C14H28N2O2S. The number of rotatable bonds is 4. The zero-order valence-electron chi connectivity index (χ0n) is 12.3. The fourth-order valence-electron chi connectivity index (χ4n) is 3.47. The highest BCUT2D eigenvalue weighted by Crippen LogP contribution is 2.28. The van der Waals surface area contributed by atoms with Crippen LogP contribution in [0.2, 0.25) is 0 Å². The lowest BCUT2D eigenvalue weighted by Gasteiger charge is -2.41. The average molecular weight is 288 g/mol. The molecule has 1 heterocycles. The van der Waals surface area contributed by atoms with E-state index in [-0.39, 0.29) is 0 Å². The van der Waals surface area contributed by atoms with Crippen LogP contribution in [0.1, 0.15) is 46.0 Å². The van der Waals surface area contributed by atoms with Gasteiger partial charge in [0.1, 0.15) is 0 Å². The van der Waals surface area contributed by atoms with Crippen LogP contribution in [-0.2, 0) is 10.0 Å². The number of sulfonamides is 1. The van der Waals surface area contributed by atoms with Gasteiger partial charge in [0.25, 0.3) is 0 Å². The summed E-state index contributed by atoms with van der Waals surface area (Å²) in [6, 6.07) is 0.694. The highest BCUT2D eigenvalue weighted by molar-refractivity contribution is 7.89. The Hall–Kier alpha value is -0.130. The van der Waals surface area contributed by atoms with Gasteiger partial charge in [-0.2, -0.15) is 4.31 Å². The van der Waals surface area contributed by atoms with Gasteiger partial charge in [0.15, 0.2) is 0 Å². The van der Waals surface area contributed by atoms with Crippen molar-refractivity contribution >= 4 is 10.0 Å². The summed E-state index contributed by atoms with van der Waals surface area (Å²) in [7, 11) is -2.99. The predicted octanol–water partition coefficient (Wildman–Crippen LogP) is 1.92. The van der Waals surface area contributed by atoms with Crippen LogP contribution in [0.4, 0.5) is 0 Å². The molecule has 1 aliphatic carbocycles. The van der Waals surface area contributed by atoms with Gasteiger partial charge in [-0.25, -0.2) is 8.42 Å². The van der Waals surface area contributed by atoms with E-state index in [1.165, 1.54) is 25.7 Å². The first-order valence-electron chi connectivity index (χ1n) is 7.75. The molecule has 1 saturated heterocycles. The van der Waals surface area contributed by atoms with Crippen molar-refractivity contribution in [3.63, 3.8) is 0 Å². The molecule has 1 aliphatic heterocycles. The predicted molar refractivity (Wildman–Crippen MR) is 78.6 cm³/mol. The summed E-state index contributed by atoms with van der Waals surface area (Å²) in [6.07, 6.45) is 6.00. The summed E-state index contributed by atoms with van der Waals surface area (Å²) in [5.74, 6) is 1.13. The Bertz CT molecular complexity index is 375. The van der Waals surface area contributed by atoms with E-state index in [2.05, 4.69) is 11.8 Å². The SMILES string of the molecule is CCCS(=O)(=O)N1CCN([C@@H]2CCC[C@H](C)C2)CC1. The minimum atomic E-state index is -2.99. The molecule has 0 aromatic heterocycles. The van der Waals surface area contributed by atoms with Gasteiger partial charge in [-0.05, 0) is 25.2 Å². The zero-order valence-corrected chi connectivity index (χ0v) is 13.2. The van der Waals surface area contributed by atoms with Crippen molar-refractivity contribution in [3.8, 4) is 0 Å². The third-order valence-electron chi connectivity index (χ3n) is 4.55. The fourth-order valence-corrected chi connectivity index (χ4v) is 4.96. The largest absolute Gasteiger partial charge is 0.298 e. The van der Waals surface area contributed by atoms with Crippen LogP contribution in [0.5, 0.6) is 0 Å². The summed E-state index contributed by atoms with van der Waals surface area (Å²) in [6.45, 7) is 7.48. The lowest BCUT2D eigenvalue weighted by atomic mass is 9.86. The monoisotopic (exact) mass is 288 g/mol. The number of nitrogens with zero attached hydrogens (tertiary/aromatic N) is 2. The summed E-state index contributed by atoms with van der Waals surface area (Å²) >= 11 is 0. The highest BCUT2D eigenvalue weighted by Gasteiger charge is 2.31. The van der Waals surface area contributed by atoms with Gasteiger partial charge in [-0.1, -0.05) is 26.7 Å². The summed E-state index contributed by atoms with van der Waals surface area (Å²) in [4.78, 5) is 2.52. The topological polar surface area (TPSA) is 40.6 Å². The maximum atomic E-state index is 12.0. The molecule has 0 amide bonds. The molecule has 0 N–H and O–H groups in total. The maximum absolute atomic E-state index is 12.0. The van der Waals surface area contributed by atoms with E-state index in [9.17, 15) is 8.42 Å². The quantitative estimate of drug-likeness (QED) is 0.793. The summed E-state index contributed by atoms with van der Waals surface area (Å²) in [5.41, 5.74) is 0. The standard InChI is InChI=1S/C14H28N2O2S/c1-3-11-19(17,18)16-9-7-15(8-10-16)14-6-4-5-13(2)12-14/h13-14H,3-12H2,1-2H3/t13-,14+/m0/s1. The second-order valence-corrected chi connectivity index (χ2v) is 8.27. The first-order valence-corrected chi connectivity index (χ1v) is 9.35. The Kier molecular flexibility index (Phi) is 5.26. The van der Waals surface area contributed by atoms with E-state index < -0.39 is 10.0 Å². The molecule has 0 bridgehead atoms. The Morgan fingerprint density at radius 2 is 1.79 bits per heavy atom. The van der Waals surface area contributed by atoms with Crippen LogP contribution in [0, 0.1) is 5.92 Å². The molecule has 0 unspecified atom stereocenters. The van der Waals surface area contributed by atoms with Crippen LogP contribution < -0.4 is 0 Å². The number of hydrogen-bond donors (Lipinski definition) is 0. The van der Waals surface area contributed by atoms with Crippen LogP contribution in [-0.4, -0.2) is 55.6 Å². The van der Waals surface area contributed by atoms with E-state index in [4.69, 9.17) is 0 Å².